The first-order chi connectivity index (χ1) is 8.66. The van der Waals surface area contributed by atoms with Crippen molar-refractivity contribution in [3.63, 3.8) is 0 Å². The van der Waals surface area contributed by atoms with Crippen LogP contribution in [0.3, 0.4) is 0 Å². The molecule has 1 aromatic heterocycles. The van der Waals surface area contributed by atoms with Gasteiger partial charge in [-0.25, -0.2) is 9.78 Å². The van der Waals surface area contributed by atoms with E-state index in [9.17, 15) is 4.79 Å². The minimum absolute atomic E-state index is 0.201. The number of rotatable bonds is 4. The smallest absolute Gasteiger partial charge is 0.337 e. The predicted octanol–water partition coefficient (Wildman–Crippen LogP) is 2.42. The van der Waals surface area contributed by atoms with Crippen molar-refractivity contribution in [3.05, 3.63) is 59.8 Å². The highest BCUT2D eigenvalue weighted by molar-refractivity contribution is 5.87. The topological polar surface area (TPSA) is 53.4 Å². The van der Waals surface area contributed by atoms with E-state index in [0.717, 1.165) is 12.4 Å². The highest BCUT2D eigenvalue weighted by Gasteiger charge is 2.06. The SMILES string of the molecule is CN(Cc1ccccc1)c1ccc(C(=O)O)cn1. The molecule has 4 nitrogen and oxygen atoms in total. The number of carbonyl (C=O) groups is 1. The Morgan fingerprint density at radius 1 is 1.22 bits per heavy atom. The number of hydrogen-bond donors (Lipinski definition) is 1. The molecule has 0 aliphatic rings. The highest BCUT2D eigenvalue weighted by Crippen LogP contribution is 2.13. The molecule has 1 aromatic carbocycles. The number of nitrogens with zero attached hydrogens (tertiary/aromatic N) is 2. The lowest BCUT2D eigenvalue weighted by atomic mass is 10.2. The summed E-state index contributed by atoms with van der Waals surface area (Å²) in [5.74, 6) is -0.205. The van der Waals surface area contributed by atoms with Crippen molar-refractivity contribution in [1.29, 1.82) is 0 Å². The molecule has 0 fully saturated rings. The maximum absolute atomic E-state index is 10.7. The molecule has 0 saturated carbocycles. The second kappa shape index (κ2) is 5.31. The molecule has 0 aliphatic heterocycles. The largest absolute Gasteiger partial charge is 0.478 e. The van der Waals surface area contributed by atoms with Crippen LogP contribution in [0.5, 0.6) is 0 Å². The zero-order valence-corrected chi connectivity index (χ0v) is 10.1. The van der Waals surface area contributed by atoms with E-state index in [4.69, 9.17) is 5.11 Å². The van der Waals surface area contributed by atoms with Crippen LogP contribution in [0.2, 0.25) is 0 Å². The van der Waals surface area contributed by atoms with Gasteiger partial charge in [0.05, 0.1) is 5.56 Å². The maximum atomic E-state index is 10.7. The molecular formula is C14H14N2O2. The first-order valence-corrected chi connectivity index (χ1v) is 5.61. The molecule has 1 heterocycles. The van der Waals surface area contributed by atoms with Crippen LogP contribution in [0.1, 0.15) is 15.9 Å². The number of benzene rings is 1. The lowest BCUT2D eigenvalue weighted by molar-refractivity contribution is 0.0696. The average molecular weight is 242 g/mol. The molecular weight excluding hydrogens is 228 g/mol. The van der Waals surface area contributed by atoms with Crippen LogP contribution in [0.25, 0.3) is 0 Å². The van der Waals surface area contributed by atoms with E-state index in [1.54, 1.807) is 12.1 Å². The number of aromatic carboxylic acids is 1. The predicted molar refractivity (Wildman–Crippen MR) is 69.7 cm³/mol. The first-order valence-electron chi connectivity index (χ1n) is 5.61. The van der Waals surface area contributed by atoms with Crippen molar-refractivity contribution in [3.8, 4) is 0 Å². The van der Waals surface area contributed by atoms with E-state index in [2.05, 4.69) is 4.98 Å². The van der Waals surface area contributed by atoms with Crippen molar-refractivity contribution >= 4 is 11.8 Å². The van der Waals surface area contributed by atoms with Gasteiger partial charge < -0.3 is 10.0 Å². The lowest BCUT2D eigenvalue weighted by Gasteiger charge is -2.18. The van der Waals surface area contributed by atoms with E-state index < -0.39 is 5.97 Å². The summed E-state index contributed by atoms with van der Waals surface area (Å²) in [5, 5.41) is 8.80. The van der Waals surface area contributed by atoms with E-state index in [1.165, 1.54) is 11.8 Å². The third-order valence-corrected chi connectivity index (χ3v) is 2.65. The Bertz CT molecular complexity index is 523. The maximum Gasteiger partial charge on any atom is 0.337 e. The molecule has 4 heteroatoms. The van der Waals surface area contributed by atoms with E-state index >= 15 is 0 Å². The number of anilines is 1. The normalized spacial score (nSPS) is 10.1. The Morgan fingerprint density at radius 3 is 2.50 bits per heavy atom. The summed E-state index contributed by atoms with van der Waals surface area (Å²) in [6.07, 6.45) is 1.37. The van der Waals surface area contributed by atoms with Crippen LogP contribution < -0.4 is 4.90 Å². The van der Waals surface area contributed by atoms with E-state index in [0.29, 0.717) is 0 Å². The van der Waals surface area contributed by atoms with Crippen molar-refractivity contribution < 1.29 is 9.90 Å². The van der Waals surface area contributed by atoms with Gasteiger partial charge in [0, 0.05) is 19.8 Å². The molecule has 0 unspecified atom stereocenters. The average Bonchev–Trinajstić information content (AvgIpc) is 2.40. The van der Waals surface area contributed by atoms with Crippen LogP contribution >= 0.6 is 0 Å². The molecule has 0 aliphatic carbocycles. The molecule has 2 aromatic rings. The van der Waals surface area contributed by atoms with Gasteiger partial charge >= 0.3 is 5.97 Å². The second-order valence-corrected chi connectivity index (χ2v) is 4.05. The van der Waals surface area contributed by atoms with Gasteiger partial charge in [-0.2, -0.15) is 0 Å². The van der Waals surface area contributed by atoms with Gasteiger partial charge in [0.2, 0.25) is 0 Å². The number of aromatic nitrogens is 1. The molecule has 0 saturated heterocycles. The highest BCUT2D eigenvalue weighted by atomic mass is 16.4. The third-order valence-electron chi connectivity index (χ3n) is 2.65. The van der Waals surface area contributed by atoms with Crippen molar-refractivity contribution in [1.82, 2.24) is 4.98 Å². The lowest BCUT2D eigenvalue weighted by Crippen LogP contribution is -2.17. The van der Waals surface area contributed by atoms with Crippen LogP contribution in [-0.4, -0.2) is 23.1 Å². The van der Waals surface area contributed by atoms with Gasteiger partial charge in [0.1, 0.15) is 5.82 Å². The Hall–Kier alpha value is -2.36. The molecule has 1 N–H and O–H groups in total. The van der Waals surface area contributed by atoms with Crippen LogP contribution in [0, 0.1) is 0 Å². The zero-order chi connectivity index (χ0) is 13.0. The molecule has 92 valence electrons. The van der Waals surface area contributed by atoms with Gasteiger partial charge in [-0.15, -0.1) is 0 Å². The quantitative estimate of drug-likeness (QED) is 0.894. The number of carboxylic acid groups (broad SMARTS) is 1. The first kappa shape index (κ1) is 12.1. The number of hydrogen-bond acceptors (Lipinski definition) is 3. The Kier molecular flexibility index (Phi) is 3.57. The number of carboxylic acids is 1. The summed E-state index contributed by atoms with van der Waals surface area (Å²) in [7, 11) is 1.93. The Balaban J connectivity index is 2.09. The van der Waals surface area contributed by atoms with Crippen molar-refractivity contribution in [2.24, 2.45) is 0 Å². The molecule has 2 rings (SSSR count). The van der Waals surface area contributed by atoms with Crippen molar-refractivity contribution in [2.75, 3.05) is 11.9 Å². The standard InChI is InChI=1S/C14H14N2O2/c1-16(10-11-5-3-2-4-6-11)13-8-7-12(9-15-13)14(17)18/h2-9H,10H2,1H3,(H,17,18). The second-order valence-electron chi connectivity index (χ2n) is 4.05. The minimum Gasteiger partial charge on any atom is -0.478 e. The van der Waals surface area contributed by atoms with Crippen LogP contribution in [0.15, 0.2) is 48.7 Å². The zero-order valence-electron chi connectivity index (χ0n) is 10.1. The van der Waals surface area contributed by atoms with E-state index in [1.807, 2.05) is 42.3 Å². The summed E-state index contributed by atoms with van der Waals surface area (Å²) in [5.41, 5.74) is 1.39. The molecule has 0 amide bonds. The fraction of sp³-hybridized carbons (Fsp3) is 0.143. The van der Waals surface area contributed by atoms with Gasteiger partial charge in [-0.05, 0) is 17.7 Å². The minimum atomic E-state index is -0.959. The fourth-order valence-corrected chi connectivity index (χ4v) is 1.68. The van der Waals surface area contributed by atoms with E-state index in [-0.39, 0.29) is 5.56 Å². The number of pyridine rings is 1. The molecule has 0 spiro atoms. The van der Waals surface area contributed by atoms with Gasteiger partial charge in [0.15, 0.2) is 0 Å². The summed E-state index contributed by atoms with van der Waals surface area (Å²) in [6.45, 7) is 0.736. The molecule has 0 atom stereocenters. The Morgan fingerprint density at radius 2 is 1.94 bits per heavy atom. The van der Waals surface area contributed by atoms with Gasteiger partial charge in [-0.1, -0.05) is 30.3 Å². The molecule has 0 radical (unpaired) electrons. The third kappa shape index (κ3) is 2.85. The molecule has 0 bridgehead atoms. The van der Waals surface area contributed by atoms with Gasteiger partial charge in [0.25, 0.3) is 0 Å². The monoisotopic (exact) mass is 242 g/mol. The van der Waals surface area contributed by atoms with Gasteiger partial charge in [-0.3, -0.25) is 0 Å². The fourth-order valence-electron chi connectivity index (χ4n) is 1.68. The summed E-state index contributed by atoms with van der Waals surface area (Å²) in [6, 6.07) is 13.3. The van der Waals surface area contributed by atoms with Crippen LogP contribution in [0.4, 0.5) is 5.82 Å². The summed E-state index contributed by atoms with van der Waals surface area (Å²) < 4.78 is 0. The van der Waals surface area contributed by atoms with Crippen LogP contribution in [-0.2, 0) is 6.54 Å². The summed E-state index contributed by atoms with van der Waals surface area (Å²) >= 11 is 0. The Labute approximate surface area is 106 Å². The molecule has 18 heavy (non-hydrogen) atoms. The van der Waals surface area contributed by atoms with Crippen molar-refractivity contribution in [2.45, 2.75) is 6.54 Å². The summed E-state index contributed by atoms with van der Waals surface area (Å²) in [4.78, 5) is 16.8.